The van der Waals surface area contributed by atoms with Crippen molar-refractivity contribution in [1.82, 2.24) is 4.83 Å². The largest absolute Gasteiger partial charge is 0.276 e. The van der Waals surface area contributed by atoms with Crippen LogP contribution in [0.5, 0.6) is 0 Å². The van der Waals surface area contributed by atoms with Gasteiger partial charge >= 0.3 is 0 Å². The number of halogens is 1. The molecule has 1 aromatic carbocycles. The SMILES string of the molecule is CC/C(C)=N/NS(=O)(=O)c1ccc(Br)cc1. The summed E-state index contributed by atoms with van der Waals surface area (Å²) in [7, 11) is -3.54. The number of nitrogens with zero attached hydrogens (tertiary/aromatic N) is 1. The maximum absolute atomic E-state index is 11.7. The monoisotopic (exact) mass is 304 g/mol. The predicted octanol–water partition coefficient (Wildman–Crippen LogP) is 2.51. The van der Waals surface area contributed by atoms with E-state index in [0.717, 1.165) is 10.2 Å². The molecule has 0 aliphatic carbocycles. The zero-order valence-electron chi connectivity index (χ0n) is 9.07. The first-order chi connectivity index (χ1) is 7.45. The third kappa shape index (κ3) is 3.61. The molecule has 6 heteroatoms. The van der Waals surface area contributed by atoms with E-state index >= 15 is 0 Å². The van der Waals surface area contributed by atoms with Gasteiger partial charge in [0, 0.05) is 10.2 Å². The van der Waals surface area contributed by atoms with E-state index in [0.29, 0.717) is 6.42 Å². The normalized spacial score (nSPS) is 12.6. The van der Waals surface area contributed by atoms with Gasteiger partial charge in [-0.1, -0.05) is 22.9 Å². The molecule has 0 aliphatic heterocycles. The Kier molecular flexibility index (Phi) is 4.49. The minimum Gasteiger partial charge on any atom is -0.200 e. The van der Waals surface area contributed by atoms with Crippen LogP contribution in [-0.4, -0.2) is 14.1 Å². The van der Waals surface area contributed by atoms with Crippen LogP contribution in [0, 0.1) is 0 Å². The fourth-order valence-corrected chi connectivity index (χ4v) is 2.02. The first-order valence-electron chi connectivity index (χ1n) is 4.76. The average molecular weight is 305 g/mol. The van der Waals surface area contributed by atoms with E-state index in [2.05, 4.69) is 25.9 Å². The molecule has 0 bridgehead atoms. The highest BCUT2D eigenvalue weighted by atomic mass is 79.9. The van der Waals surface area contributed by atoms with Crippen molar-refractivity contribution in [3.05, 3.63) is 28.7 Å². The molecular formula is C10H13BrN2O2S. The molecule has 1 rings (SSSR count). The average Bonchev–Trinajstić information content (AvgIpc) is 2.26. The summed E-state index contributed by atoms with van der Waals surface area (Å²) in [6.07, 6.45) is 0.711. The van der Waals surface area contributed by atoms with E-state index in [1.54, 1.807) is 19.1 Å². The van der Waals surface area contributed by atoms with Crippen molar-refractivity contribution in [2.24, 2.45) is 5.10 Å². The number of rotatable bonds is 4. The predicted molar refractivity (Wildman–Crippen MR) is 67.9 cm³/mol. The van der Waals surface area contributed by atoms with Crippen molar-refractivity contribution in [3.8, 4) is 0 Å². The lowest BCUT2D eigenvalue weighted by Gasteiger charge is -2.04. The van der Waals surface area contributed by atoms with Gasteiger partial charge in [0.1, 0.15) is 0 Å². The highest BCUT2D eigenvalue weighted by Gasteiger charge is 2.12. The molecule has 0 radical (unpaired) electrons. The lowest BCUT2D eigenvalue weighted by Crippen LogP contribution is -2.19. The summed E-state index contributed by atoms with van der Waals surface area (Å²) in [6, 6.07) is 6.38. The maximum Gasteiger partial charge on any atom is 0.276 e. The van der Waals surface area contributed by atoms with Crippen LogP contribution in [0.25, 0.3) is 0 Å². The molecule has 1 aromatic rings. The molecule has 0 heterocycles. The van der Waals surface area contributed by atoms with E-state index < -0.39 is 10.0 Å². The lowest BCUT2D eigenvalue weighted by molar-refractivity contribution is 0.584. The Balaban J connectivity index is 2.91. The van der Waals surface area contributed by atoms with Crippen molar-refractivity contribution in [2.75, 3.05) is 0 Å². The molecule has 16 heavy (non-hydrogen) atoms. The number of hydrogen-bond acceptors (Lipinski definition) is 3. The van der Waals surface area contributed by atoms with E-state index in [9.17, 15) is 8.42 Å². The standard InChI is InChI=1S/C10H13BrN2O2S/c1-3-8(2)12-13-16(14,15)10-6-4-9(11)5-7-10/h4-7,13H,3H2,1-2H3/b12-8+. The van der Waals surface area contributed by atoms with Crippen molar-refractivity contribution < 1.29 is 8.42 Å². The molecule has 0 spiro atoms. The summed E-state index contributed by atoms with van der Waals surface area (Å²) in [6.45, 7) is 3.68. The molecular weight excluding hydrogens is 292 g/mol. The summed E-state index contributed by atoms with van der Waals surface area (Å²) in [4.78, 5) is 2.39. The van der Waals surface area contributed by atoms with Crippen molar-refractivity contribution in [1.29, 1.82) is 0 Å². The zero-order chi connectivity index (χ0) is 12.2. The second-order valence-corrected chi connectivity index (χ2v) is 5.83. The van der Waals surface area contributed by atoms with Crippen LogP contribution in [0.1, 0.15) is 20.3 Å². The minimum atomic E-state index is -3.54. The highest BCUT2D eigenvalue weighted by molar-refractivity contribution is 9.10. The number of sulfonamides is 1. The third-order valence-corrected chi connectivity index (χ3v) is 3.75. The fourth-order valence-electron chi connectivity index (χ4n) is 0.884. The van der Waals surface area contributed by atoms with Gasteiger partial charge in [0.25, 0.3) is 10.0 Å². The quantitative estimate of drug-likeness (QED) is 0.686. The number of hydrogen-bond donors (Lipinski definition) is 1. The molecule has 0 unspecified atom stereocenters. The summed E-state index contributed by atoms with van der Waals surface area (Å²) in [5, 5.41) is 3.78. The molecule has 0 saturated carbocycles. The van der Waals surface area contributed by atoms with Crippen molar-refractivity contribution in [3.63, 3.8) is 0 Å². The van der Waals surface area contributed by atoms with Crippen LogP contribution in [0.2, 0.25) is 0 Å². The number of hydrazone groups is 1. The maximum atomic E-state index is 11.7. The molecule has 0 aliphatic rings. The summed E-state index contributed by atoms with van der Waals surface area (Å²) in [5.74, 6) is 0. The second kappa shape index (κ2) is 5.45. The van der Waals surface area contributed by atoms with Gasteiger partial charge in [-0.05, 0) is 37.6 Å². The van der Waals surface area contributed by atoms with Crippen LogP contribution in [-0.2, 0) is 10.0 Å². The van der Waals surface area contributed by atoms with E-state index in [1.807, 2.05) is 6.92 Å². The Bertz CT molecular complexity index is 480. The van der Waals surface area contributed by atoms with Gasteiger partial charge in [-0.3, -0.25) is 0 Å². The summed E-state index contributed by atoms with van der Waals surface area (Å²) in [5.41, 5.74) is 0.737. The topological polar surface area (TPSA) is 58.5 Å². The third-order valence-electron chi connectivity index (χ3n) is 1.99. The summed E-state index contributed by atoms with van der Waals surface area (Å²) < 4.78 is 24.3. The van der Waals surface area contributed by atoms with Crippen LogP contribution in [0.15, 0.2) is 38.7 Å². The first kappa shape index (κ1) is 13.2. The van der Waals surface area contributed by atoms with Gasteiger partial charge < -0.3 is 0 Å². The second-order valence-electron chi connectivity index (χ2n) is 3.25. The van der Waals surface area contributed by atoms with Crippen LogP contribution in [0.3, 0.4) is 0 Å². The van der Waals surface area contributed by atoms with Gasteiger partial charge in [0.15, 0.2) is 0 Å². The first-order valence-corrected chi connectivity index (χ1v) is 7.04. The minimum absolute atomic E-state index is 0.198. The Labute approximate surface area is 104 Å². The highest BCUT2D eigenvalue weighted by Crippen LogP contribution is 2.14. The zero-order valence-corrected chi connectivity index (χ0v) is 11.5. The molecule has 1 N–H and O–H groups in total. The van der Waals surface area contributed by atoms with Gasteiger partial charge in [0.05, 0.1) is 4.90 Å². The Morgan fingerprint density at radius 1 is 1.38 bits per heavy atom. The van der Waals surface area contributed by atoms with Crippen molar-refractivity contribution in [2.45, 2.75) is 25.2 Å². The molecule has 0 saturated heterocycles. The fraction of sp³-hybridized carbons (Fsp3) is 0.300. The van der Waals surface area contributed by atoms with E-state index in [-0.39, 0.29) is 4.90 Å². The van der Waals surface area contributed by atoms with E-state index in [1.165, 1.54) is 12.1 Å². The van der Waals surface area contributed by atoms with Crippen molar-refractivity contribution >= 4 is 31.7 Å². The summed E-state index contributed by atoms with van der Waals surface area (Å²) >= 11 is 3.24. The molecule has 0 amide bonds. The van der Waals surface area contributed by atoms with Crippen LogP contribution < -0.4 is 4.83 Å². The lowest BCUT2D eigenvalue weighted by atomic mass is 10.3. The van der Waals surface area contributed by atoms with E-state index in [4.69, 9.17) is 0 Å². The van der Waals surface area contributed by atoms with Crippen LogP contribution >= 0.6 is 15.9 Å². The molecule has 88 valence electrons. The smallest absolute Gasteiger partial charge is 0.200 e. The molecule has 4 nitrogen and oxygen atoms in total. The molecule has 0 aromatic heterocycles. The van der Waals surface area contributed by atoms with Gasteiger partial charge in [-0.2, -0.15) is 13.5 Å². The number of benzene rings is 1. The molecule has 0 fully saturated rings. The Morgan fingerprint density at radius 3 is 2.44 bits per heavy atom. The van der Waals surface area contributed by atoms with Gasteiger partial charge in [-0.25, -0.2) is 4.83 Å². The number of nitrogens with one attached hydrogen (secondary N) is 1. The Morgan fingerprint density at radius 2 is 1.94 bits per heavy atom. The Hall–Kier alpha value is -0.880. The molecule has 0 atom stereocenters. The van der Waals surface area contributed by atoms with Gasteiger partial charge in [-0.15, -0.1) is 0 Å². The van der Waals surface area contributed by atoms with Crippen LogP contribution in [0.4, 0.5) is 0 Å². The van der Waals surface area contributed by atoms with Gasteiger partial charge in [0.2, 0.25) is 0 Å².